The highest BCUT2D eigenvalue weighted by Crippen LogP contribution is 2.29. The number of hydrogen-bond acceptors (Lipinski definition) is 3. The van der Waals surface area contributed by atoms with Gasteiger partial charge in [0.2, 0.25) is 0 Å². The van der Waals surface area contributed by atoms with E-state index < -0.39 is 6.10 Å². The van der Waals surface area contributed by atoms with Crippen molar-refractivity contribution in [2.24, 2.45) is 0 Å². The SMILES string of the molecule is CCc1cccc2cc([C@@H](CCl)OC(C)=O)oc12. The predicted octanol–water partition coefficient (Wildman–Crippen LogP) is 3.84. The second-order valence-corrected chi connectivity index (χ2v) is 4.40. The highest BCUT2D eigenvalue weighted by atomic mass is 35.5. The monoisotopic (exact) mass is 266 g/mol. The highest BCUT2D eigenvalue weighted by molar-refractivity contribution is 6.18. The van der Waals surface area contributed by atoms with Gasteiger partial charge in [0.05, 0.1) is 5.88 Å². The molecule has 0 N–H and O–H groups in total. The zero-order chi connectivity index (χ0) is 13.1. The van der Waals surface area contributed by atoms with Crippen molar-refractivity contribution in [1.29, 1.82) is 0 Å². The Hall–Kier alpha value is -1.48. The molecular weight excluding hydrogens is 252 g/mol. The number of esters is 1. The van der Waals surface area contributed by atoms with Gasteiger partial charge in [0.15, 0.2) is 6.10 Å². The molecule has 0 aliphatic carbocycles. The fraction of sp³-hybridized carbons (Fsp3) is 0.357. The van der Waals surface area contributed by atoms with Crippen LogP contribution in [0, 0.1) is 0 Å². The number of fused-ring (bicyclic) bond motifs is 1. The Morgan fingerprint density at radius 2 is 2.28 bits per heavy atom. The Bertz CT molecular complexity index is 559. The van der Waals surface area contributed by atoms with Gasteiger partial charge in [-0.3, -0.25) is 4.79 Å². The number of carbonyl (C=O) groups excluding carboxylic acids is 1. The molecule has 2 aromatic rings. The van der Waals surface area contributed by atoms with Gasteiger partial charge in [0.25, 0.3) is 0 Å². The van der Waals surface area contributed by atoms with Gasteiger partial charge in [-0.2, -0.15) is 0 Å². The van der Waals surface area contributed by atoms with E-state index in [0.29, 0.717) is 5.76 Å². The van der Waals surface area contributed by atoms with E-state index in [1.165, 1.54) is 6.92 Å². The summed E-state index contributed by atoms with van der Waals surface area (Å²) in [5.41, 5.74) is 1.98. The van der Waals surface area contributed by atoms with Crippen LogP contribution in [0.1, 0.15) is 31.3 Å². The number of carbonyl (C=O) groups is 1. The fourth-order valence-electron chi connectivity index (χ4n) is 1.95. The third kappa shape index (κ3) is 2.51. The molecule has 1 aromatic heterocycles. The van der Waals surface area contributed by atoms with Crippen LogP contribution in [0.15, 0.2) is 28.7 Å². The van der Waals surface area contributed by atoms with E-state index in [2.05, 4.69) is 6.92 Å². The standard InChI is InChI=1S/C14H15ClO3/c1-3-10-5-4-6-11-7-12(18-14(10)11)13(8-15)17-9(2)16/h4-7,13H,3,8H2,1-2H3/t13-/m1/s1. The molecule has 0 bridgehead atoms. The van der Waals surface area contributed by atoms with Crippen molar-refractivity contribution in [3.8, 4) is 0 Å². The third-order valence-electron chi connectivity index (χ3n) is 2.79. The van der Waals surface area contributed by atoms with E-state index in [-0.39, 0.29) is 11.8 Å². The summed E-state index contributed by atoms with van der Waals surface area (Å²) in [7, 11) is 0. The Balaban J connectivity index is 2.42. The van der Waals surface area contributed by atoms with Gasteiger partial charge in [-0.25, -0.2) is 0 Å². The van der Waals surface area contributed by atoms with Crippen LogP contribution in [0.25, 0.3) is 11.0 Å². The Kier molecular flexibility index (Phi) is 3.92. The number of ether oxygens (including phenoxy) is 1. The molecule has 4 heteroatoms. The van der Waals surface area contributed by atoms with Crippen LogP contribution in [-0.2, 0) is 16.0 Å². The first-order valence-corrected chi connectivity index (χ1v) is 6.43. The van der Waals surface area contributed by atoms with Crippen molar-refractivity contribution in [2.75, 3.05) is 5.88 Å². The minimum absolute atomic E-state index is 0.181. The first-order chi connectivity index (χ1) is 8.65. The molecule has 0 aliphatic heterocycles. The number of hydrogen-bond donors (Lipinski definition) is 0. The number of aryl methyl sites for hydroxylation is 1. The summed E-state index contributed by atoms with van der Waals surface area (Å²) in [6.45, 7) is 3.43. The van der Waals surface area contributed by atoms with Gasteiger partial charge in [-0.1, -0.05) is 25.1 Å². The van der Waals surface area contributed by atoms with Crippen LogP contribution in [0.2, 0.25) is 0 Å². The first kappa shape index (κ1) is 13.0. The normalized spacial score (nSPS) is 12.6. The lowest BCUT2D eigenvalue weighted by Gasteiger charge is -2.10. The van der Waals surface area contributed by atoms with Gasteiger partial charge in [0.1, 0.15) is 11.3 Å². The molecule has 0 saturated heterocycles. The lowest BCUT2D eigenvalue weighted by Crippen LogP contribution is -2.08. The number of alkyl halides is 1. The highest BCUT2D eigenvalue weighted by Gasteiger charge is 2.19. The van der Waals surface area contributed by atoms with Crippen LogP contribution in [-0.4, -0.2) is 11.8 Å². The molecule has 1 heterocycles. The largest absolute Gasteiger partial charge is 0.457 e. The molecule has 0 spiro atoms. The minimum Gasteiger partial charge on any atom is -0.457 e. The molecule has 2 rings (SSSR count). The summed E-state index contributed by atoms with van der Waals surface area (Å²) >= 11 is 5.81. The minimum atomic E-state index is -0.527. The van der Waals surface area contributed by atoms with Crippen LogP contribution in [0.3, 0.4) is 0 Å². The number of benzene rings is 1. The van der Waals surface area contributed by atoms with E-state index in [0.717, 1.165) is 23.0 Å². The number of furan rings is 1. The maximum absolute atomic E-state index is 11.0. The van der Waals surface area contributed by atoms with Crippen molar-refractivity contribution in [1.82, 2.24) is 0 Å². The van der Waals surface area contributed by atoms with Crippen molar-refractivity contribution in [3.05, 3.63) is 35.6 Å². The summed E-state index contributed by atoms with van der Waals surface area (Å²) in [5, 5.41) is 1.01. The smallest absolute Gasteiger partial charge is 0.303 e. The zero-order valence-electron chi connectivity index (χ0n) is 10.4. The van der Waals surface area contributed by atoms with Crippen LogP contribution in [0.4, 0.5) is 0 Å². The zero-order valence-corrected chi connectivity index (χ0v) is 11.2. The van der Waals surface area contributed by atoms with Crippen molar-refractivity contribution >= 4 is 28.5 Å². The summed E-state index contributed by atoms with van der Waals surface area (Å²) in [6.07, 6.45) is 0.366. The molecule has 1 aromatic carbocycles. The van der Waals surface area contributed by atoms with E-state index in [4.69, 9.17) is 20.8 Å². The molecule has 96 valence electrons. The van der Waals surface area contributed by atoms with Crippen LogP contribution < -0.4 is 0 Å². The van der Waals surface area contributed by atoms with Gasteiger partial charge in [0, 0.05) is 12.3 Å². The maximum atomic E-state index is 11.0. The summed E-state index contributed by atoms with van der Waals surface area (Å²) in [4.78, 5) is 11.0. The summed E-state index contributed by atoms with van der Waals surface area (Å²) in [6, 6.07) is 7.87. The topological polar surface area (TPSA) is 39.4 Å². The van der Waals surface area contributed by atoms with Gasteiger partial charge >= 0.3 is 5.97 Å². The van der Waals surface area contributed by atoms with E-state index in [1.807, 2.05) is 24.3 Å². The Morgan fingerprint density at radius 3 is 2.89 bits per heavy atom. The number of halogens is 1. The Morgan fingerprint density at radius 1 is 1.50 bits per heavy atom. The van der Waals surface area contributed by atoms with E-state index >= 15 is 0 Å². The lowest BCUT2D eigenvalue weighted by atomic mass is 10.1. The average molecular weight is 267 g/mol. The lowest BCUT2D eigenvalue weighted by molar-refractivity contribution is -0.146. The second-order valence-electron chi connectivity index (χ2n) is 4.09. The van der Waals surface area contributed by atoms with Crippen molar-refractivity contribution in [3.63, 3.8) is 0 Å². The van der Waals surface area contributed by atoms with Crippen molar-refractivity contribution in [2.45, 2.75) is 26.4 Å². The van der Waals surface area contributed by atoms with Gasteiger partial charge < -0.3 is 9.15 Å². The first-order valence-electron chi connectivity index (χ1n) is 5.90. The molecule has 0 amide bonds. The molecule has 18 heavy (non-hydrogen) atoms. The van der Waals surface area contributed by atoms with Gasteiger partial charge in [-0.15, -0.1) is 11.6 Å². The maximum Gasteiger partial charge on any atom is 0.303 e. The quantitative estimate of drug-likeness (QED) is 0.623. The van der Waals surface area contributed by atoms with Gasteiger partial charge in [-0.05, 0) is 18.1 Å². The number of para-hydroxylation sites is 1. The average Bonchev–Trinajstić information content (AvgIpc) is 2.78. The van der Waals surface area contributed by atoms with Crippen molar-refractivity contribution < 1.29 is 13.9 Å². The molecule has 0 aliphatic rings. The van der Waals surface area contributed by atoms with Crippen LogP contribution >= 0.6 is 11.6 Å². The van der Waals surface area contributed by atoms with Crippen LogP contribution in [0.5, 0.6) is 0 Å². The molecule has 3 nitrogen and oxygen atoms in total. The third-order valence-corrected chi connectivity index (χ3v) is 3.07. The molecule has 0 unspecified atom stereocenters. The summed E-state index contributed by atoms with van der Waals surface area (Å²) in [5.74, 6) is 0.411. The molecule has 0 fully saturated rings. The number of rotatable bonds is 4. The molecule has 0 saturated carbocycles. The Labute approximate surface area is 111 Å². The molecule has 1 atom stereocenters. The van der Waals surface area contributed by atoms with E-state index in [9.17, 15) is 4.79 Å². The molecular formula is C14H15ClO3. The fourth-order valence-corrected chi connectivity index (χ4v) is 2.16. The van der Waals surface area contributed by atoms with E-state index in [1.54, 1.807) is 0 Å². The second kappa shape index (κ2) is 5.44. The summed E-state index contributed by atoms with van der Waals surface area (Å²) < 4.78 is 10.9. The molecule has 0 radical (unpaired) electrons. The predicted molar refractivity (Wildman–Crippen MR) is 70.8 cm³/mol.